The summed E-state index contributed by atoms with van der Waals surface area (Å²) in [4.78, 5) is 0. The van der Waals surface area contributed by atoms with Crippen LogP contribution in [0, 0.1) is 0 Å². The van der Waals surface area contributed by atoms with Crippen molar-refractivity contribution in [2.45, 2.75) is 78.1 Å². The van der Waals surface area contributed by atoms with Crippen LogP contribution in [0.15, 0.2) is 0 Å². The molecule has 0 heterocycles. The molecule has 0 radical (unpaired) electrons. The van der Waals surface area contributed by atoms with Crippen LogP contribution < -0.4 is 0 Å². The molecule has 0 saturated heterocycles. The van der Waals surface area contributed by atoms with Crippen LogP contribution >= 0.6 is 7.92 Å². The van der Waals surface area contributed by atoms with Crippen molar-refractivity contribution in [3.05, 3.63) is 0 Å². The first-order chi connectivity index (χ1) is 7.81. The lowest BCUT2D eigenvalue weighted by Gasteiger charge is -2.11. The summed E-state index contributed by atoms with van der Waals surface area (Å²) in [6.45, 7) is 7.10. The van der Waals surface area contributed by atoms with E-state index in [2.05, 4.69) is 20.5 Å². The Balaban J connectivity index is 3.09. The van der Waals surface area contributed by atoms with E-state index in [4.69, 9.17) is 0 Å². The second-order valence-electron chi connectivity index (χ2n) is 5.13. The van der Waals surface area contributed by atoms with Gasteiger partial charge in [0.25, 0.3) is 0 Å². The van der Waals surface area contributed by atoms with Crippen molar-refractivity contribution in [3.8, 4) is 0 Å². The van der Waals surface area contributed by atoms with E-state index in [-0.39, 0.29) is 0 Å². The maximum Gasteiger partial charge on any atom is -0.0328 e. The molecule has 0 spiro atoms. The second-order valence-corrected chi connectivity index (χ2v) is 7.74. The Hall–Kier alpha value is 0.430. The third kappa shape index (κ3) is 12.5. The minimum atomic E-state index is 0.378. The molecule has 0 fully saturated rings. The van der Waals surface area contributed by atoms with Crippen molar-refractivity contribution in [3.63, 3.8) is 0 Å². The molecule has 0 bridgehead atoms. The summed E-state index contributed by atoms with van der Waals surface area (Å²) in [5, 5.41) is 0. The molecular weight excluding hydrogens is 211 g/mol. The fourth-order valence-corrected chi connectivity index (χ4v) is 3.83. The van der Waals surface area contributed by atoms with Crippen molar-refractivity contribution in [1.82, 2.24) is 0 Å². The van der Waals surface area contributed by atoms with Gasteiger partial charge in [0.1, 0.15) is 0 Å². The summed E-state index contributed by atoms with van der Waals surface area (Å²) in [5.74, 6) is 0. The lowest BCUT2D eigenvalue weighted by molar-refractivity contribution is 0.652. The highest BCUT2D eigenvalue weighted by molar-refractivity contribution is 7.56. The molecule has 0 aliphatic rings. The van der Waals surface area contributed by atoms with Crippen molar-refractivity contribution in [2.24, 2.45) is 0 Å². The van der Waals surface area contributed by atoms with Gasteiger partial charge in [0.05, 0.1) is 0 Å². The van der Waals surface area contributed by atoms with Gasteiger partial charge in [-0.1, -0.05) is 65.2 Å². The summed E-state index contributed by atoms with van der Waals surface area (Å²) in [6, 6.07) is 0. The van der Waals surface area contributed by atoms with Crippen LogP contribution in [0.1, 0.15) is 78.1 Å². The molecule has 0 nitrogen and oxygen atoms in total. The first-order valence-corrected chi connectivity index (χ1v) is 9.65. The van der Waals surface area contributed by atoms with Crippen LogP contribution in [0.3, 0.4) is 0 Å². The van der Waals surface area contributed by atoms with E-state index in [1.165, 1.54) is 76.5 Å². The largest absolute Gasteiger partial charge is 0.110 e. The lowest BCUT2D eigenvalue weighted by Crippen LogP contribution is -1.90. The zero-order valence-corrected chi connectivity index (χ0v) is 12.8. The number of hydrogen-bond donors (Lipinski definition) is 0. The molecule has 0 aliphatic carbocycles. The summed E-state index contributed by atoms with van der Waals surface area (Å²) in [6.07, 6.45) is 17.6. The first kappa shape index (κ1) is 16.4. The molecular formula is C15H33P. The maximum atomic E-state index is 2.51. The Kier molecular flexibility index (Phi) is 13.9. The van der Waals surface area contributed by atoms with E-state index in [0.29, 0.717) is 7.92 Å². The van der Waals surface area contributed by atoms with Gasteiger partial charge >= 0.3 is 0 Å². The SMILES string of the molecule is CCCCCCCP(C)CCCCCCC. The van der Waals surface area contributed by atoms with Crippen LogP contribution in [-0.2, 0) is 0 Å². The van der Waals surface area contributed by atoms with Crippen molar-refractivity contribution >= 4 is 7.92 Å². The Bertz CT molecular complexity index is 109. The third-order valence-corrected chi connectivity index (χ3v) is 5.45. The smallest absolute Gasteiger partial charge is 0.0328 e. The molecule has 0 rings (SSSR count). The van der Waals surface area contributed by atoms with Crippen LogP contribution in [0.4, 0.5) is 0 Å². The van der Waals surface area contributed by atoms with Gasteiger partial charge in [-0.25, -0.2) is 0 Å². The lowest BCUT2D eigenvalue weighted by atomic mass is 10.2. The molecule has 0 N–H and O–H groups in total. The summed E-state index contributed by atoms with van der Waals surface area (Å²) in [7, 11) is 0.378. The molecule has 0 aliphatic heterocycles. The highest BCUT2D eigenvalue weighted by atomic mass is 31.1. The minimum Gasteiger partial charge on any atom is -0.110 e. The van der Waals surface area contributed by atoms with Crippen molar-refractivity contribution in [2.75, 3.05) is 19.0 Å². The summed E-state index contributed by atoms with van der Waals surface area (Å²) >= 11 is 0. The van der Waals surface area contributed by atoms with Gasteiger partial charge in [0.15, 0.2) is 0 Å². The topological polar surface area (TPSA) is 0 Å². The molecule has 0 atom stereocenters. The summed E-state index contributed by atoms with van der Waals surface area (Å²) < 4.78 is 0. The minimum absolute atomic E-state index is 0.378. The van der Waals surface area contributed by atoms with Gasteiger partial charge in [0.2, 0.25) is 0 Å². The van der Waals surface area contributed by atoms with Crippen molar-refractivity contribution < 1.29 is 0 Å². The van der Waals surface area contributed by atoms with E-state index in [9.17, 15) is 0 Å². The molecule has 1 heteroatoms. The Labute approximate surface area is 105 Å². The highest BCUT2D eigenvalue weighted by Gasteiger charge is 2.00. The first-order valence-electron chi connectivity index (χ1n) is 7.49. The van der Waals surface area contributed by atoms with Crippen LogP contribution in [0.5, 0.6) is 0 Å². The van der Waals surface area contributed by atoms with Crippen molar-refractivity contribution in [1.29, 1.82) is 0 Å². The van der Waals surface area contributed by atoms with Gasteiger partial charge < -0.3 is 0 Å². The van der Waals surface area contributed by atoms with Gasteiger partial charge in [-0.3, -0.25) is 0 Å². The Morgan fingerprint density at radius 1 is 0.562 bits per heavy atom. The number of hydrogen-bond acceptors (Lipinski definition) is 0. The normalized spacial score (nSPS) is 11.2. The zero-order chi connectivity index (χ0) is 12.1. The fourth-order valence-electron chi connectivity index (χ4n) is 2.08. The third-order valence-electron chi connectivity index (χ3n) is 3.29. The average molecular weight is 244 g/mol. The highest BCUT2D eigenvalue weighted by Crippen LogP contribution is 2.33. The van der Waals surface area contributed by atoms with Crippen LogP contribution in [-0.4, -0.2) is 19.0 Å². The monoisotopic (exact) mass is 244 g/mol. The number of unbranched alkanes of at least 4 members (excludes halogenated alkanes) is 8. The van der Waals surface area contributed by atoms with E-state index in [1.54, 1.807) is 0 Å². The van der Waals surface area contributed by atoms with Gasteiger partial charge in [0, 0.05) is 0 Å². The molecule has 0 aromatic heterocycles. The Morgan fingerprint density at radius 3 is 1.31 bits per heavy atom. The molecule has 0 unspecified atom stereocenters. The molecule has 0 amide bonds. The maximum absolute atomic E-state index is 2.51. The number of rotatable bonds is 12. The van der Waals surface area contributed by atoms with Crippen LogP contribution in [0.25, 0.3) is 0 Å². The second kappa shape index (κ2) is 13.5. The molecule has 0 aromatic rings. The van der Waals surface area contributed by atoms with Gasteiger partial charge in [-0.15, -0.1) is 7.92 Å². The Morgan fingerprint density at radius 2 is 0.938 bits per heavy atom. The van der Waals surface area contributed by atoms with Gasteiger partial charge in [-0.2, -0.15) is 0 Å². The van der Waals surface area contributed by atoms with E-state index < -0.39 is 0 Å². The zero-order valence-electron chi connectivity index (χ0n) is 11.9. The fraction of sp³-hybridized carbons (Fsp3) is 1.00. The molecule has 0 aromatic carbocycles. The van der Waals surface area contributed by atoms with E-state index in [0.717, 1.165) is 0 Å². The van der Waals surface area contributed by atoms with E-state index in [1.807, 2.05) is 0 Å². The van der Waals surface area contributed by atoms with Gasteiger partial charge in [-0.05, 0) is 31.8 Å². The predicted molar refractivity (Wildman–Crippen MR) is 80.1 cm³/mol. The molecule has 16 heavy (non-hydrogen) atoms. The average Bonchev–Trinajstić information content (AvgIpc) is 2.28. The quantitative estimate of drug-likeness (QED) is 0.290. The van der Waals surface area contributed by atoms with E-state index >= 15 is 0 Å². The standard InChI is InChI=1S/C15H33P/c1-4-6-8-10-12-14-16(3)15-13-11-9-7-5-2/h4-15H2,1-3H3. The summed E-state index contributed by atoms with van der Waals surface area (Å²) in [5.41, 5.74) is 0. The molecule has 98 valence electrons. The molecule has 0 saturated carbocycles. The van der Waals surface area contributed by atoms with Crippen LogP contribution in [0.2, 0.25) is 0 Å². The predicted octanol–water partition coefficient (Wildman–Crippen LogP) is 6.04.